The van der Waals surface area contributed by atoms with Crippen LogP contribution in [0.25, 0.3) is 0 Å². The Morgan fingerprint density at radius 1 is 1.04 bits per heavy atom. The number of nitrogens with zero attached hydrogens (tertiary/aromatic N) is 3. The van der Waals surface area contributed by atoms with Crippen LogP contribution in [0.2, 0.25) is 0 Å². The van der Waals surface area contributed by atoms with Crippen molar-refractivity contribution in [3.8, 4) is 0 Å². The largest absolute Gasteiger partial charge is 0.370 e. The zero-order valence-electron chi connectivity index (χ0n) is 14.3. The normalized spacial score (nSPS) is 25.3. The summed E-state index contributed by atoms with van der Waals surface area (Å²) in [6, 6.07) is 5.44. The number of amides is 1. The van der Waals surface area contributed by atoms with E-state index in [2.05, 4.69) is 27.2 Å². The topological polar surface area (TPSA) is 78.7 Å². The van der Waals surface area contributed by atoms with Crippen LogP contribution in [0.1, 0.15) is 32.1 Å². The third kappa shape index (κ3) is 3.15. The van der Waals surface area contributed by atoms with Gasteiger partial charge in [-0.3, -0.25) is 14.9 Å². The minimum Gasteiger partial charge on any atom is -0.370 e. The standard InChI is InChI=1S/C18H24N4O3/c23-18(13-12-16(13)22(24)25)19-17-14(20-8-1-2-9-20)6-5-7-15(17)21-10-3-4-11-21/h5-7,13,16H,1-4,8-12H2,(H,19,23)/t13-,16+/m0/s1. The molecule has 3 aliphatic rings. The number of carbonyl (C=O) groups excluding carboxylic acids is 1. The van der Waals surface area contributed by atoms with Gasteiger partial charge in [0.05, 0.1) is 17.1 Å². The number of nitro groups is 1. The van der Waals surface area contributed by atoms with Crippen molar-refractivity contribution in [2.45, 2.75) is 38.1 Å². The lowest BCUT2D eigenvalue weighted by Crippen LogP contribution is -2.26. The van der Waals surface area contributed by atoms with E-state index in [1.54, 1.807) is 0 Å². The van der Waals surface area contributed by atoms with Crippen LogP contribution in [-0.2, 0) is 4.79 Å². The molecule has 3 fully saturated rings. The van der Waals surface area contributed by atoms with Crippen LogP contribution in [0.5, 0.6) is 0 Å². The first-order valence-electron chi connectivity index (χ1n) is 9.22. The monoisotopic (exact) mass is 344 g/mol. The smallest absolute Gasteiger partial charge is 0.234 e. The maximum Gasteiger partial charge on any atom is 0.234 e. The predicted octanol–water partition coefficient (Wildman–Crippen LogP) is 2.49. The van der Waals surface area contributed by atoms with Gasteiger partial charge in [0.15, 0.2) is 0 Å². The fourth-order valence-electron chi connectivity index (χ4n) is 4.01. The number of rotatable bonds is 5. The number of anilines is 3. The van der Waals surface area contributed by atoms with Crippen molar-refractivity contribution in [1.29, 1.82) is 0 Å². The van der Waals surface area contributed by atoms with Crippen molar-refractivity contribution in [1.82, 2.24) is 0 Å². The minimum absolute atomic E-state index is 0.214. The molecule has 1 saturated carbocycles. The molecular formula is C18H24N4O3. The highest BCUT2D eigenvalue weighted by Gasteiger charge is 2.53. The first-order chi connectivity index (χ1) is 12.1. The van der Waals surface area contributed by atoms with Gasteiger partial charge in [-0.1, -0.05) is 6.07 Å². The van der Waals surface area contributed by atoms with Crippen molar-refractivity contribution in [3.05, 3.63) is 28.3 Å². The molecule has 1 N–H and O–H groups in total. The van der Waals surface area contributed by atoms with Crippen LogP contribution in [0.4, 0.5) is 17.1 Å². The fraction of sp³-hybridized carbons (Fsp3) is 0.611. The molecule has 2 saturated heterocycles. The molecule has 1 aromatic carbocycles. The summed E-state index contributed by atoms with van der Waals surface area (Å²) < 4.78 is 0. The highest BCUT2D eigenvalue weighted by Crippen LogP contribution is 2.41. The first-order valence-corrected chi connectivity index (χ1v) is 9.22. The molecule has 0 spiro atoms. The Morgan fingerprint density at radius 3 is 2.00 bits per heavy atom. The minimum atomic E-state index is -0.714. The molecule has 0 radical (unpaired) electrons. The second-order valence-corrected chi connectivity index (χ2v) is 7.24. The lowest BCUT2D eigenvalue weighted by atomic mass is 10.1. The van der Waals surface area contributed by atoms with E-state index < -0.39 is 12.0 Å². The highest BCUT2D eigenvalue weighted by molar-refractivity contribution is 6.01. The van der Waals surface area contributed by atoms with E-state index >= 15 is 0 Å². The summed E-state index contributed by atoms with van der Waals surface area (Å²) in [6.07, 6.45) is 4.99. The Labute approximate surface area is 147 Å². The number of hydrogen-bond donors (Lipinski definition) is 1. The van der Waals surface area contributed by atoms with Crippen LogP contribution in [0.15, 0.2) is 18.2 Å². The number of benzene rings is 1. The van der Waals surface area contributed by atoms with Gasteiger partial charge in [0, 0.05) is 37.5 Å². The van der Waals surface area contributed by atoms with Gasteiger partial charge in [-0.05, 0) is 37.8 Å². The Balaban J connectivity index is 1.62. The summed E-state index contributed by atoms with van der Waals surface area (Å²) >= 11 is 0. The molecule has 0 aromatic heterocycles. The molecule has 2 aliphatic heterocycles. The lowest BCUT2D eigenvalue weighted by molar-refractivity contribution is -0.497. The molecule has 25 heavy (non-hydrogen) atoms. The fourth-order valence-corrected chi connectivity index (χ4v) is 4.01. The molecule has 2 heterocycles. The van der Waals surface area contributed by atoms with E-state index in [4.69, 9.17) is 0 Å². The Bertz CT molecular complexity index is 647. The third-order valence-electron chi connectivity index (χ3n) is 5.53. The Kier molecular flexibility index (Phi) is 4.23. The SMILES string of the molecule is O=C(Nc1c(N2CCCC2)cccc1N1CCCC1)[C@H]1C[C@H]1[N+](=O)[O-]. The third-order valence-corrected chi connectivity index (χ3v) is 5.53. The molecule has 134 valence electrons. The van der Waals surface area contributed by atoms with Crippen molar-refractivity contribution < 1.29 is 9.72 Å². The second kappa shape index (κ2) is 6.54. The average molecular weight is 344 g/mol. The molecular weight excluding hydrogens is 320 g/mol. The molecule has 0 unspecified atom stereocenters. The summed E-state index contributed by atoms with van der Waals surface area (Å²) in [7, 11) is 0. The second-order valence-electron chi connectivity index (χ2n) is 7.24. The van der Waals surface area contributed by atoms with Crippen LogP contribution in [-0.4, -0.2) is 43.1 Å². The van der Waals surface area contributed by atoms with Gasteiger partial charge in [-0.2, -0.15) is 0 Å². The Hall–Kier alpha value is -2.31. The van der Waals surface area contributed by atoms with Gasteiger partial charge >= 0.3 is 0 Å². The highest BCUT2D eigenvalue weighted by atomic mass is 16.6. The summed E-state index contributed by atoms with van der Waals surface area (Å²) in [6.45, 7) is 3.97. The number of nitrogens with one attached hydrogen (secondary N) is 1. The predicted molar refractivity (Wildman–Crippen MR) is 96.9 cm³/mol. The Morgan fingerprint density at radius 2 is 1.56 bits per heavy atom. The van der Waals surface area contributed by atoms with Gasteiger partial charge in [0.1, 0.15) is 5.92 Å². The molecule has 1 amide bonds. The molecule has 2 atom stereocenters. The summed E-state index contributed by atoms with van der Waals surface area (Å²) in [5.41, 5.74) is 2.94. The maximum absolute atomic E-state index is 12.6. The van der Waals surface area contributed by atoms with Gasteiger partial charge in [-0.15, -0.1) is 0 Å². The zero-order valence-corrected chi connectivity index (χ0v) is 14.3. The van der Waals surface area contributed by atoms with Gasteiger partial charge in [0.2, 0.25) is 11.9 Å². The van der Waals surface area contributed by atoms with E-state index in [0.29, 0.717) is 6.42 Å². The van der Waals surface area contributed by atoms with E-state index in [-0.39, 0.29) is 10.8 Å². The lowest BCUT2D eigenvalue weighted by Gasteiger charge is -2.27. The maximum atomic E-state index is 12.6. The quantitative estimate of drug-likeness (QED) is 0.656. The number of hydrogen-bond acceptors (Lipinski definition) is 5. The van der Waals surface area contributed by atoms with Gasteiger partial charge in [-0.25, -0.2) is 0 Å². The van der Waals surface area contributed by atoms with E-state index in [9.17, 15) is 14.9 Å². The summed E-state index contributed by atoms with van der Waals surface area (Å²) in [5.74, 6) is -0.707. The molecule has 4 rings (SSSR count). The van der Waals surface area contributed by atoms with Gasteiger partial charge < -0.3 is 15.1 Å². The first kappa shape index (κ1) is 16.2. The average Bonchev–Trinajstić information content (AvgIpc) is 3.00. The molecule has 1 aliphatic carbocycles. The molecule has 7 heteroatoms. The van der Waals surface area contributed by atoms with Crippen molar-refractivity contribution in [3.63, 3.8) is 0 Å². The molecule has 0 bridgehead atoms. The van der Waals surface area contributed by atoms with E-state index in [1.165, 1.54) is 0 Å². The van der Waals surface area contributed by atoms with Crippen molar-refractivity contribution in [2.75, 3.05) is 41.3 Å². The van der Waals surface area contributed by atoms with E-state index in [0.717, 1.165) is 68.9 Å². The van der Waals surface area contributed by atoms with Crippen molar-refractivity contribution >= 4 is 23.0 Å². The van der Waals surface area contributed by atoms with Crippen molar-refractivity contribution in [2.24, 2.45) is 5.92 Å². The summed E-state index contributed by atoms with van der Waals surface area (Å²) in [4.78, 5) is 27.8. The van der Waals surface area contributed by atoms with Crippen LogP contribution in [0.3, 0.4) is 0 Å². The summed E-state index contributed by atoms with van der Waals surface area (Å²) in [5, 5.41) is 13.9. The van der Waals surface area contributed by atoms with Crippen LogP contribution < -0.4 is 15.1 Å². The molecule has 7 nitrogen and oxygen atoms in total. The zero-order chi connectivity index (χ0) is 17.4. The van der Waals surface area contributed by atoms with Crippen LogP contribution in [0, 0.1) is 16.0 Å². The molecule has 1 aromatic rings. The number of para-hydroxylation sites is 1. The van der Waals surface area contributed by atoms with Gasteiger partial charge in [0.25, 0.3) is 0 Å². The van der Waals surface area contributed by atoms with E-state index in [1.807, 2.05) is 6.07 Å². The number of carbonyl (C=O) groups is 1. The van der Waals surface area contributed by atoms with Crippen LogP contribution >= 0.6 is 0 Å².